The molecule has 0 aromatic carbocycles. The van der Waals surface area contributed by atoms with Gasteiger partial charge in [0, 0.05) is 25.7 Å². The maximum absolute atomic E-state index is 3.43. The molecule has 1 unspecified atom stereocenters. The number of hydrogen-bond acceptors (Lipinski definition) is 3. The Labute approximate surface area is 119 Å². The minimum absolute atomic E-state index is 0.786. The van der Waals surface area contributed by atoms with Crippen LogP contribution in [0, 0.1) is 11.8 Å². The standard InChI is InChI=1S/C16H33N3/c1-17-16-8-6-14(7-9-16)11-19(3)13-15-5-4-10-18(2)12-15/h14-17H,4-13H2,1-3H3. The summed E-state index contributed by atoms with van der Waals surface area (Å²) >= 11 is 0. The zero-order valence-electron chi connectivity index (χ0n) is 13.2. The zero-order chi connectivity index (χ0) is 13.7. The lowest BCUT2D eigenvalue weighted by molar-refractivity contribution is 0.146. The number of nitrogens with one attached hydrogen (secondary N) is 1. The Morgan fingerprint density at radius 2 is 1.74 bits per heavy atom. The zero-order valence-corrected chi connectivity index (χ0v) is 13.2. The van der Waals surface area contributed by atoms with Crippen molar-refractivity contribution in [3.63, 3.8) is 0 Å². The van der Waals surface area contributed by atoms with Crippen LogP contribution in [0.25, 0.3) is 0 Å². The highest BCUT2D eigenvalue weighted by molar-refractivity contribution is 4.79. The van der Waals surface area contributed by atoms with Crippen molar-refractivity contribution in [1.82, 2.24) is 15.1 Å². The van der Waals surface area contributed by atoms with Gasteiger partial charge in [-0.2, -0.15) is 0 Å². The Morgan fingerprint density at radius 3 is 2.37 bits per heavy atom. The fraction of sp³-hybridized carbons (Fsp3) is 1.00. The van der Waals surface area contributed by atoms with Gasteiger partial charge in [0.15, 0.2) is 0 Å². The molecule has 1 atom stereocenters. The second-order valence-corrected chi connectivity index (χ2v) is 7.00. The predicted octanol–water partition coefficient (Wildman–Crippen LogP) is 2.04. The van der Waals surface area contributed by atoms with Crippen molar-refractivity contribution in [2.75, 3.05) is 47.3 Å². The average molecular weight is 267 g/mol. The molecule has 1 aliphatic heterocycles. The lowest BCUT2D eigenvalue weighted by atomic mass is 9.85. The fourth-order valence-electron chi connectivity index (χ4n) is 4.01. The van der Waals surface area contributed by atoms with E-state index in [1.165, 1.54) is 64.7 Å². The van der Waals surface area contributed by atoms with Crippen LogP contribution in [0.4, 0.5) is 0 Å². The monoisotopic (exact) mass is 267 g/mol. The van der Waals surface area contributed by atoms with Crippen molar-refractivity contribution in [3.8, 4) is 0 Å². The van der Waals surface area contributed by atoms with E-state index >= 15 is 0 Å². The largest absolute Gasteiger partial charge is 0.317 e. The molecule has 0 spiro atoms. The maximum atomic E-state index is 3.43. The number of nitrogens with zero attached hydrogens (tertiary/aromatic N) is 2. The van der Waals surface area contributed by atoms with Gasteiger partial charge in [-0.1, -0.05) is 0 Å². The molecule has 2 fully saturated rings. The van der Waals surface area contributed by atoms with Gasteiger partial charge in [-0.3, -0.25) is 0 Å². The van der Waals surface area contributed by atoms with Crippen LogP contribution in [-0.2, 0) is 0 Å². The first-order valence-corrected chi connectivity index (χ1v) is 8.21. The molecule has 3 nitrogen and oxygen atoms in total. The van der Waals surface area contributed by atoms with Crippen LogP contribution in [0.1, 0.15) is 38.5 Å². The van der Waals surface area contributed by atoms with Gasteiger partial charge >= 0.3 is 0 Å². The average Bonchev–Trinajstić information content (AvgIpc) is 2.39. The molecule has 19 heavy (non-hydrogen) atoms. The Bertz CT molecular complexity index is 248. The SMILES string of the molecule is CNC1CCC(CN(C)CC2CCCN(C)C2)CC1. The van der Waals surface area contributed by atoms with Crippen LogP contribution in [0.2, 0.25) is 0 Å². The summed E-state index contributed by atoms with van der Waals surface area (Å²) in [6.45, 7) is 5.22. The van der Waals surface area contributed by atoms with Gasteiger partial charge in [0.2, 0.25) is 0 Å². The van der Waals surface area contributed by atoms with E-state index < -0.39 is 0 Å². The molecule has 112 valence electrons. The predicted molar refractivity (Wildman–Crippen MR) is 82.5 cm³/mol. The maximum Gasteiger partial charge on any atom is 0.00642 e. The van der Waals surface area contributed by atoms with E-state index in [1.54, 1.807) is 0 Å². The normalized spacial score (nSPS) is 33.8. The van der Waals surface area contributed by atoms with Gasteiger partial charge in [-0.25, -0.2) is 0 Å². The van der Waals surface area contributed by atoms with E-state index in [1.807, 2.05) is 0 Å². The third-order valence-corrected chi connectivity index (χ3v) is 5.12. The molecule has 1 saturated heterocycles. The quantitative estimate of drug-likeness (QED) is 0.822. The van der Waals surface area contributed by atoms with Gasteiger partial charge in [0.1, 0.15) is 0 Å². The third-order valence-electron chi connectivity index (χ3n) is 5.12. The summed E-state index contributed by atoms with van der Waals surface area (Å²) in [6.07, 6.45) is 8.41. The van der Waals surface area contributed by atoms with Crippen molar-refractivity contribution in [2.24, 2.45) is 11.8 Å². The molecule has 0 aromatic heterocycles. The van der Waals surface area contributed by atoms with E-state index in [4.69, 9.17) is 0 Å². The van der Waals surface area contributed by atoms with E-state index in [-0.39, 0.29) is 0 Å². The van der Waals surface area contributed by atoms with Crippen molar-refractivity contribution in [1.29, 1.82) is 0 Å². The van der Waals surface area contributed by atoms with E-state index in [0.717, 1.165) is 17.9 Å². The summed E-state index contributed by atoms with van der Waals surface area (Å²) in [6, 6.07) is 0.786. The Hall–Kier alpha value is -0.120. The van der Waals surface area contributed by atoms with Crippen molar-refractivity contribution in [2.45, 2.75) is 44.6 Å². The number of likely N-dealkylation sites (tertiary alicyclic amines) is 1. The third kappa shape index (κ3) is 5.05. The summed E-state index contributed by atoms with van der Waals surface area (Å²) in [5, 5.41) is 3.43. The molecule has 3 heteroatoms. The van der Waals surface area contributed by atoms with Gasteiger partial charge in [0.05, 0.1) is 0 Å². The van der Waals surface area contributed by atoms with Crippen LogP contribution < -0.4 is 5.32 Å². The van der Waals surface area contributed by atoms with Crippen molar-refractivity contribution < 1.29 is 0 Å². The molecule has 0 radical (unpaired) electrons. The lowest BCUT2D eigenvalue weighted by Crippen LogP contribution is -2.40. The topological polar surface area (TPSA) is 18.5 Å². The van der Waals surface area contributed by atoms with Crippen LogP contribution in [0.15, 0.2) is 0 Å². The summed E-state index contributed by atoms with van der Waals surface area (Å²) in [7, 11) is 6.71. The van der Waals surface area contributed by atoms with Gasteiger partial charge in [-0.15, -0.1) is 0 Å². The van der Waals surface area contributed by atoms with Crippen LogP contribution in [-0.4, -0.2) is 63.2 Å². The van der Waals surface area contributed by atoms with Crippen molar-refractivity contribution >= 4 is 0 Å². The molecule has 0 bridgehead atoms. The molecular formula is C16H33N3. The number of hydrogen-bond donors (Lipinski definition) is 1. The molecular weight excluding hydrogens is 234 g/mol. The summed E-state index contributed by atoms with van der Waals surface area (Å²) in [5.74, 6) is 1.84. The molecule has 1 saturated carbocycles. The second kappa shape index (κ2) is 7.61. The van der Waals surface area contributed by atoms with Crippen LogP contribution >= 0.6 is 0 Å². The Morgan fingerprint density at radius 1 is 1.05 bits per heavy atom. The van der Waals surface area contributed by atoms with Gasteiger partial charge in [-0.05, 0) is 78.0 Å². The minimum atomic E-state index is 0.786. The molecule has 2 rings (SSSR count). The van der Waals surface area contributed by atoms with E-state index in [9.17, 15) is 0 Å². The van der Waals surface area contributed by atoms with E-state index in [0.29, 0.717) is 0 Å². The Balaban J connectivity index is 1.65. The molecule has 1 aliphatic carbocycles. The first-order chi connectivity index (χ1) is 9.17. The van der Waals surface area contributed by atoms with Crippen LogP contribution in [0.3, 0.4) is 0 Å². The van der Waals surface area contributed by atoms with E-state index in [2.05, 4.69) is 36.3 Å². The molecule has 0 amide bonds. The minimum Gasteiger partial charge on any atom is -0.317 e. The highest BCUT2D eigenvalue weighted by Gasteiger charge is 2.23. The smallest absolute Gasteiger partial charge is 0.00642 e. The molecule has 0 aromatic rings. The van der Waals surface area contributed by atoms with Crippen LogP contribution in [0.5, 0.6) is 0 Å². The van der Waals surface area contributed by atoms with Crippen molar-refractivity contribution in [3.05, 3.63) is 0 Å². The number of piperidine rings is 1. The van der Waals surface area contributed by atoms with Gasteiger partial charge < -0.3 is 15.1 Å². The Kier molecular flexibility index (Phi) is 6.11. The summed E-state index contributed by atoms with van der Waals surface area (Å²) in [4.78, 5) is 5.11. The highest BCUT2D eigenvalue weighted by Crippen LogP contribution is 2.25. The van der Waals surface area contributed by atoms with Gasteiger partial charge in [0.25, 0.3) is 0 Å². The summed E-state index contributed by atoms with van der Waals surface area (Å²) < 4.78 is 0. The molecule has 2 aliphatic rings. The first kappa shape index (κ1) is 15.3. The second-order valence-electron chi connectivity index (χ2n) is 7.00. The fourth-order valence-corrected chi connectivity index (χ4v) is 4.01. The lowest BCUT2D eigenvalue weighted by Gasteiger charge is -2.35. The molecule has 1 heterocycles. The number of rotatable bonds is 5. The first-order valence-electron chi connectivity index (χ1n) is 8.21. The molecule has 1 N–H and O–H groups in total. The highest BCUT2D eigenvalue weighted by atomic mass is 15.1. The summed E-state index contributed by atoms with van der Waals surface area (Å²) in [5.41, 5.74) is 0.